The molecule has 0 radical (unpaired) electrons. The summed E-state index contributed by atoms with van der Waals surface area (Å²) in [4.78, 5) is 0. The van der Waals surface area contributed by atoms with Crippen molar-refractivity contribution in [3.63, 3.8) is 0 Å². The van der Waals surface area contributed by atoms with Crippen LogP contribution in [0.1, 0.15) is 64.4 Å². The second-order valence-corrected chi connectivity index (χ2v) is 6.43. The highest BCUT2D eigenvalue weighted by molar-refractivity contribution is 5.29. The third kappa shape index (κ3) is 4.20. The second-order valence-electron chi connectivity index (χ2n) is 6.43. The van der Waals surface area contributed by atoms with Crippen molar-refractivity contribution >= 4 is 0 Å². The molecule has 0 spiro atoms. The molecule has 0 bridgehead atoms. The van der Waals surface area contributed by atoms with Gasteiger partial charge in [0.15, 0.2) is 0 Å². The molecule has 0 fully saturated rings. The molecule has 1 N–H and O–H groups in total. The molecule has 1 aromatic carbocycles. The maximum Gasteiger partial charge on any atom is 0.0351 e. The summed E-state index contributed by atoms with van der Waals surface area (Å²) in [6.45, 7) is 8.10. The Labute approximate surface area is 130 Å². The molecule has 1 aliphatic carbocycles. The van der Waals surface area contributed by atoms with Gasteiger partial charge in [-0.2, -0.15) is 0 Å². The Kier molecular flexibility index (Phi) is 6.50. The maximum absolute atomic E-state index is 3.86. The molecule has 0 saturated carbocycles. The lowest BCUT2D eigenvalue weighted by atomic mass is 9.77. The summed E-state index contributed by atoms with van der Waals surface area (Å²) < 4.78 is 0. The summed E-state index contributed by atoms with van der Waals surface area (Å²) in [5, 5.41) is 3.86. The predicted octanol–water partition coefficient (Wildman–Crippen LogP) is 5.29. The van der Waals surface area contributed by atoms with Crippen LogP contribution in [0.4, 0.5) is 0 Å². The fraction of sp³-hybridized carbons (Fsp3) is 0.600. The SMILES string of the molecule is CCCNC(C1=CCCC1)C(c1ccccc1)C(C)CC. The van der Waals surface area contributed by atoms with Crippen LogP contribution in [0.2, 0.25) is 0 Å². The van der Waals surface area contributed by atoms with Crippen LogP contribution < -0.4 is 5.32 Å². The number of rotatable bonds is 8. The van der Waals surface area contributed by atoms with E-state index in [1.54, 1.807) is 5.57 Å². The van der Waals surface area contributed by atoms with Crippen LogP contribution in [-0.2, 0) is 0 Å². The third-order valence-electron chi connectivity index (χ3n) is 4.89. The largest absolute Gasteiger partial charge is 0.310 e. The van der Waals surface area contributed by atoms with E-state index in [1.807, 2.05) is 0 Å². The topological polar surface area (TPSA) is 12.0 Å². The van der Waals surface area contributed by atoms with Gasteiger partial charge in [-0.05, 0) is 43.7 Å². The maximum atomic E-state index is 3.86. The Balaban J connectivity index is 2.29. The van der Waals surface area contributed by atoms with Gasteiger partial charge in [0.1, 0.15) is 0 Å². The average molecular weight is 285 g/mol. The number of nitrogens with one attached hydrogen (secondary N) is 1. The zero-order valence-corrected chi connectivity index (χ0v) is 13.9. The van der Waals surface area contributed by atoms with E-state index in [9.17, 15) is 0 Å². The Morgan fingerprint density at radius 1 is 1.14 bits per heavy atom. The van der Waals surface area contributed by atoms with Crippen molar-refractivity contribution in [1.82, 2.24) is 5.32 Å². The molecule has 21 heavy (non-hydrogen) atoms. The van der Waals surface area contributed by atoms with Crippen LogP contribution in [-0.4, -0.2) is 12.6 Å². The van der Waals surface area contributed by atoms with E-state index in [2.05, 4.69) is 62.5 Å². The summed E-state index contributed by atoms with van der Waals surface area (Å²) in [5.41, 5.74) is 3.14. The van der Waals surface area contributed by atoms with E-state index < -0.39 is 0 Å². The van der Waals surface area contributed by atoms with Crippen LogP contribution in [0.25, 0.3) is 0 Å². The highest BCUT2D eigenvalue weighted by Crippen LogP contribution is 2.36. The van der Waals surface area contributed by atoms with Crippen molar-refractivity contribution < 1.29 is 0 Å². The molecule has 3 atom stereocenters. The van der Waals surface area contributed by atoms with Gasteiger partial charge in [-0.25, -0.2) is 0 Å². The zero-order chi connectivity index (χ0) is 15.1. The van der Waals surface area contributed by atoms with Gasteiger partial charge in [-0.3, -0.25) is 0 Å². The van der Waals surface area contributed by atoms with Gasteiger partial charge >= 0.3 is 0 Å². The van der Waals surface area contributed by atoms with Crippen LogP contribution >= 0.6 is 0 Å². The number of hydrogen-bond acceptors (Lipinski definition) is 1. The van der Waals surface area contributed by atoms with Gasteiger partial charge in [0.05, 0.1) is 0 Å². The smallest absolute Gasteiger partial charge is 0.0351 e. The van der Waals surface area contributed by atoms with Crippen LogP contribution in [0.5, 0.6) is 0 Å². The van der Waals surface area contributed by atoms with Crippen molar-refractivity contribution in [3.05, 3.63) is 47.5 Å². The van der Waals surface area contributed by atoms with Gasteiger partial charge in [0.2, 0.25) is 0 Å². The standard InChI is InChI=1S/C20H31N/c1-4-15-21-20(18-13-9-10-14-18)19(16(3)5-2)17-11-7-6-8-12-17/h6-8,11-13,16,19-21H,4-5,9-10,14-15H2,1-3H3. The van der Waals surface area contributed by atoms with Crippen molar-refractivity contribution in [1.29, 1.82) is 0 Å². The molecule has 116 valence electrons. The molecule has 0 amide bonds. The van der Waals surface area contributed by atoms with Crippen LogP contribution in [0.15, 0.2) is 42.0 Å². The van der Waals surface area contributed by atoms with Gasteiger partial charge < -0.3 is 5.32 Å². The summed E-state index contributed by atoms with van der Waals surface area (Å²) in [7, 11) is 0. The fourth-order valence-corrected chi connectivity index (χ4v) is 3.55. The van der Waals surface area contributed by atoms with E-state index in [4.69, 9.17) is 0 Å². The van der Waals surface area contributed by atoms with Gasteiger partial charge in [-0.1, -0.05) is 69.2 Å². The third-order valence-corrected chi connectivity index (χ3v) is 4.89. The summed E-state index contributed by atoms with van der Waals surface area (Å²) >= 11 is 0. The predicted molar refractivity (Wildman–Crippen MR) is 92.7 cm³/mol. The molecule has 3 unspecified atom stereocenters. The van der Waals surface area contributed by atoms with Gasteiger partial charge in [0.25, 0.3) is 0 Å². The number of allylic oxidation sites excluding steroid dienone is 1. The van der Waals surface area contributed by atoms with E-state index in [-0.39, 0.29) is 0 Å². The Bertz CT molecular complexity index is 434. The Morgan fingerprint density at radius 3 is 2.48 bits per heavy atom. The van der Waals surface area contributed by atoms with Crippen molar-refractivity contribution in [2.45, 2.75) is 64.8 Å². The Morgan fingerprint density at radius 2 is 1.90 bits per heavy atom. The van der Waals surface area contributed by atoms with Crippen LogP contribution in [0, 0.1) is 5.92 Å². The zero-order valence-electron chi connectivity index (χ0n) is 13.9. The number of hydrogen-bond donors (Lipinski definition) is 1. The first kappa shape index (κ1) is 16.3. The quantitative estimate of drug-likeness (QED) is 0.639. The molecule has 1 nitrogen and oxygen atoms in total. The van der Waals surface area contributed by atoms with Gasteiger partial charge in [0, 0.05) is 12.0 Å². The second kappa shape index (κ2) is 8.38. The molecular weight excluding hydrogens is 254 g/mol. The minimum absolute atomic E-state index is 0.518. The molecular formula is C20H31N. The minimum Gasteiger partial charge on any atom is -0.310 e. The lowest BCUT2D eigenvalue weighted by molar-refractivity contribution is 0.359. The normalized spacial score (nSPS) is 19.1. The Hall–Kier alpha value is -1.08. The van der Waals surface area contributed by atoms with Gasteiger partial charge in [-0.15, -0.1) is 0 Å². The van der Waals surface area contributed by atoms with Crippen LogP contribution in [0.3, 0.4) is 0 Å². The number of benzene rings is 1. The monoisotopic (exact) mass is 285 g/mol. The summed E-state index contributed by atoms with van der Waals surface area (Å²) in [6, 6.07) is 11.6. The van der Waals surface area contributed by atoms with E-state index in [0.717, 1.165) is 6.54 Å². The first-order chi connectivity index (χ1) is 10.3. The molecule has 1 aliphatic rings. The van der Waals surface area contributed by atoms with Crippen molar-refractivity contribution in [2.24, 2.45) is 5.92 Å². The fourth-order valence-electron chi connectivity index (χ4n) is 3.55. The summed E-state index contributed by atoms with van der Waals surface area (Å²) in [5.74, 6) is 1.29. The first-order valence-electron chi connectivity index (χ1n) is 8.75. The molecule has 1 aromatic rings. The minimum atomic E-state index is 0.518. The molecule has 1 heteroatoms. The molecule has 0 saturated heterocycles. The van der Waals surface area contributed by atoms with E-state index >= 15 is 0 Å². The first-order valence-corrected chi connectivity index (χ1v) is 8.75. The van der Waals surface area contributed by atoms with Crippen molar-refractivity contribution in [2.75, 3.05) is 6.54 Å². The molecule has 0 heterocycles. The molecule has 0 aromatic heterocycles. The highest BCUT2D eigenvalue weighted by atomic mass is 14.9. The molecule has 0 aliphatic heterocycles. The average Bonchev–Trinajstić information content (AvgIpc) is 3.05. The molecule has 2 rings (SSSR count). The van der Waals surface area contributed by atoms with E-state index in [0.29, 0.717) is 17.9 Å². The summed E-state index contributed by atoms with van der Waals surface area (Å²) in [6.07, 6.45) is 8.80. The highest BCUT2D eigenvalue weighted by Gasteiger charge is 2.30. The van der Waals surface area contributed by atoms with Crippen molar-refractivity contribution in [3.8, 4) is 0 Å². The lowest BCUT2D eigenvalue weighted by Gasteiger charge is -2.34. The van der Waals surface area contributed by atoms with E-state index in [1.165, 1.54) is 37.7 Å². The lowest BCUT2D eigenvalue weighted by Crippen LogP contribution is -2.39.